The average molecular weight is 257 g/mol. The number of hydrogen-bond acceptors (Lipinski definition) is 2. The van der Waals surface area contributed by atoms with Crippen LogP contribution in [-0.4, -0.2) is 23.6 Å². The molecule has 4 nitrogen and oxygen atoms in total. The van der Waals surface area contributed by atoms with Crippen LogP contribution >= 0.6 is 0 Å². The number of carbonyl (C=O) groups is 1. The molecule has 100 valence electrons. The van der Waals surface area contributed by atoms with Gasteiger partial charge in [0, 0.05) is 32.0 Å². The standard InChI is InChI=1S/C15H19N3O/c16-12-14(13-6-2-1-3-7-13)15(19)17-8-11-18-9-4-5-10-18/h1-7,9-10,14H,8,11-12,16H2,(H,17,19). The quantitative estimate of drug-likeness (QED) is 0.820. The smallest absolute Gasteiger partial charge is 0.228 e. The maximum absolute atomic E-state index is 12.1. The van der Waals surface area contributed by atoms with Gasteiger partial charge in [-0.2, -0.15) is 0 Å². The van der Waals surface area contributed by atoms with E-state index in [9.17, 15) is 4.79 Å². The molecule has 1 aromatic heterocycles. The Morgan fingerprint density at radius 2 is 1.84 bits per heavy atom. The van der Waals surface area contributed by atoms with Gasteiger partial charge in [0.15, 0.2) is 0 Å². The fourth-order valence-corrected chi connectivity index (χ4v) is 2.03. The van der Waals surface area contributed by atoms with Crippen LogP contribution in [0.2, 0.25) is 0 Å². The molecular weight excluding hydrogens is 238 g/mol. The normalized spacial score (nSPS) is 12.1. The Bertz CT molecular complexity index is 493. The van der Waals surface area contributed by atoms with E-state index in [0.29, 0.717) is 13.1 Å². The molecule has 2 rings (SSSR count). The van der Waals surface area contributed by atoms with Crippen LogP contribution in [0.25, 0.3) is 0 Å². The summed E-state index contributed by atoms with van der Waals surface area (Å²) >= 11 is 0. The molecule has 2 aromatic rings. The molecule has 0 fully saturated rings. The van der Waals surface area contributed by atoms with E-state index in [0.717, 1.165) is 12.1 Å². The number of amides is 1. The zero-order valence-electron chi connectivity index (χ0n) is 10.8. The Kier molecular flexibility index (Phi) is 4.75. The largest absolute Gasteiger partial charge is 0.354 e. The van der Waals surface area contributed by atoms with Gasteiger partial charge >= 0.3 is 0 Å². The van der Waals surface area contributed by atoms with Crippen LogP contribution < -0.4 is 11.1 Å². The van der Waals surface area contributed by atoms with Gasteiger partial charge in [-0.05, 0) is 17.7 Å². The lowest BCUT2D eigenvalue weighted by atomic mass is 9.98. The molecule has 0 radical (unpaired) electrons. The van der Waals surface area contributed by atoms with Gasteiger partial charge in [-0.1, -0.05) is 30.3 Å². The van der Waals surface area contributed by atoms with E-state index in [4.69, 9.17) is 5.73 Å². The minimum Gasteiger partial charge on any atom is -0.354 e. The van der Waals surface area contributed by atoms with Gasteiger partial charge in [0.25, 0.3) is 0 Å². The number of aromatic nitrogens is 1. The molecule has 1 unspecified atom stereocenters. The Balaban J connectivity index is 1.87. The van der Waals surface area contributed by atoms with Crippen molar-refractivity contribution in [3.05, 3.63) is 60.4 Å². The highest BCUT2D eigenvalue weighted by Crippen LogP contribution is 2.13. The fourth-order valence-electron chi connectivity index (χ4n) is 2.03. The van der Waals surface area contributed by atoms with E-state index in [-0.39, 0.29) is 11.8 Å². The average Bonchev–Trinajstić information content (AvgIpc) is 2.94. The van der Waals surface area contributed by atoms with Crippen molar-refractivity contribution in [2.24, 2.45) is 5.73 Å². The number of carbonyl (C=O) groups excluding carboxylic acids is 1. The molecular formula is C15H19N3O. The van der Waals surface area contributed by atoms with E-state index in [1.54, 1.807) is 0 Å². The highest BCUT2D eigenvalue weighted by Gasteiger charge is 2.17. The Morgan fingerprint density at radius 1 is 1.16 bits per heavy atom. The van der Waals surface area contributed by atoms with Crippen molar-refractivity contribution in [2.75, 3.05) is 13.1 Å². The van der Waals surface area contributed by atoms with Gasteiger partial charge in [0.1, 0.15) is 0 Å². The van der Waals surface area contributed by atoms with Gasteiger partial charge in [-0.3, -0.25) is 4.79 Å². The third kappa shape index (κ3) is 3.69. The minimum absolute atomic E-state index is 0.0131. The minimum atomic E-state index is -0.272. The SMILES string of the molecule is NCC(C(=O)NCCn1cccc1)c1ccccc1. The Morgan fingerprint density at radius 3 is 2.47 bits per heavy atom. The predicted octanol–water partition coefficient (Wildman–Crippen LogP) is 1.35. The number of nitrogens with two attached hydrogens (primary N) is 1. The third-order valence-electron chi connectivity index (χ3n) is 3.09. The zero-order valence-corrected chi connectivity index (χ0v) is 10.8. The number of rotatable bonds is 6. The number of nitrogens with zero attached hydrogens (tertiary/aromatic N) is 1. The summed E-state index contributed by atoms with van der Waals surface area (Å²) in [7, 11) is 0. The van der Waals surface area contributed by atoms with Crippen molar-refractivity contribution in [3.8, 4) is 0 Å². The molecule has 19 heavy (non-hydrogen) atoms. The number of nitrogens with one attached hydrogen (secondary N) is 1. The second-order valence-corrected chi connectivity index (χ2v) is 4.41. The monoisotopic (exact) mass is 257 g/mol. The summed E-state index contributed by atoms with van der Waals surface area (Å²) in [6, 6.07) is 13.6. The molecule has 1 amide bonds. The second kappa shape index (κ2) is 6.75. The molecule has 0 bridgehead atoms. The topological polar surface area (TPSA) is 60.1 Å². The van der Waals surface area contributed by atoms with Crippen LogP contribution in [0.5, 0.6) is 0 Å². The first-order valence-corrected chi connectivity index (χ1v) is 6.44. The summed E-state index contributed by atoms with van der Waals surface area (Å²) in [6.45, 7) is 1.70. The van der Waals surface area contributed by atoms with Crippen molar-refractivity contribution >= 4 is 5.91 Å². The van der Waals surface area contributed by atoms with Crippen molar-refractivity contribution in [1.82, 2.24) is 9.88 Å². The molecule has 3 N–H and O–H groups in total. The van der Waals surface area contributed by atoms with Gasteiger partial charge in [-0.25, -0.2) is 0 Å². The van der Waals surface area contributed by atoms with Crippen LogP contribution in [-0.2, 0) is 11.3 Å². The number of hydrogen-bond donors (Lipinski definition) is 2. The van der Waals surface area contributed by atoms with Crippen LogP contribution in [0.3, 0.4) is 0 Å². The second-order valence-electron chi connectivity index (χ2n) is 4.41. The van der Waals surface area contributed by atoms with Crippen molar-refractivity contribution < 1.29 is 4.79 Å². The van der Waals surface area contributed by atoms with Gasteiger partial charge in [0.2, 0.25) is 5.91 Å². The maximum Gasteiger partial charge on any atom is 0.228 e. The fraction of sp³-hybridized carbons (Fsp3) is 0.267. The molecule has 0 aliphatic rings. The summed E-state index contributed by atoms with van der Waals surface area (Å²) < 4.78 is 2.03. The first-order valence-electron chi connectivity index (χ1n) is 6.44. The molecule has 4 heteroatoms. The van der Waals surface area contributed by atoms with Crippen molar-refractivity contribution in [3.63, 3.8) is 0 Å². The zero-order chi connectivity index (χ0) is 13.5. The lowest BCUT2D eigenvalue weighted by molar-refractivity contribution is -0.122. The molecule has 0 aliphatic heterocycles. The highest BCUT2D eigenvalue weighted by atomic mass is 16.1. The summed E-state index contributed by atoms with van der Waals surface area (Å²) in [5.74, 6) is -0.285. The van der Waals surface area contributed by atoms with E-state index >= 15 is 0 Å². The number of benzene rings is 1. The van der Waals surface area contributed by atoms with Crippen molar-refractivity contribution in [1.29, 1.82) is 0 Å². The first kappa shape index (κ1) is 13.4. The molecule has 1 heterocycles. The van der Waals surface area contributed by atoms with Crippen molar-refractivity contribution in [2.45, 2.75) is 12.5 Å². The summed E-state index contributed by atoms with van der Waals surface area (Å²) in [6.07, 6.45) is 3.95. The Labute approximate surface area is 113 Å². The van der Waals surface area contributed by atoms with E-state index in [1.807, 2.05) is 59.4 Å². The lowest BCUT2D eigenvalue weighted by Gasteiger charge is -2.15. The summed E-state index contributed by atoms with van der Waals surface area (Å²) in [5, 5.41) is 2.93. The van der Waals surface area contributed by atoms with Crippen LogP contribution in [0.15, 0.2) is 54.9 Å². The van der Waals surface area contributed by atoms with E-state index < -0.39 is 0 Å². The molecule has 1 atom stereocenters. The third-order valence-corrected chi connectivity index (χ3v) is 3.09. The molecule has 0 aliphatic carbocycles. The maximum atomic E-state index is 12.1. The highest BCUT2D eigenvalue weighted by molar-refractivity contribution is 5.83. The van der Waals surface area contributed by atoms with E-state index in [2.05, 4.69) is 5.32 Å². The Hall–Kier alpha value is -2.07. The lowest BCUT2D eigenvalue weighted by Crippen LogP contribution is -2.35. The van der Waals surface area contributed by atoms with Crippen LogP contribution in [0, 0.1) is 0 Å². The molecule has 0 saturated carbocycles. The van der Waals surface area contributed by atoms with Crippen LogP contribution in [0.4, 0.5) is 0 Å². The molecule has 0 saturated heterocycles. The van der Waals surface area contributed by atoms with Gasteiger partial charge < -0.3 is 15.6 Å². The van der Waals surface area contributed by atoms with Gasteiger partial charge in [0.05, 0.1) is 5.92 Å². The summed E-state index contributed by atoms with van der Waals surface area (Å²) in [4.78, 5) is 12.1. The first-order chi connectivity index (χ1) is 9.31. The predicted molar refractivity (Wildman–Crippen MR) is 75.7 cm³/mol. The molecule has 0 spiro atoms. The van der Waals surface area contributed by atoms with Crippen LogP contribution in [0.1, 0.15) is 11.5 Å². The molecule has 1 aromatic carbocycles. The van der Waals surface area contributed by atoms with E-state index in [1.165, 1.54) is 0 Å². The summed E-state index contributed by atoms with van der Waals surface area (Å²) in [5.41, 5.74) is 6.67. The van der Waals surface area contributed by atoms with Gasteiger partial charge in [-0.15, -0.1) is 0 Å².